The molecule has 0 saturated heterocycles. The van der Waals surface area contributed by atoms with E-state index in [1.54, 1.807) is 25.3 Å². The molecule has 1 amide bonds. The molecule has 0 bridgehead atoms. The summed E-state index contributed by atoms with van der Waals surface area (Å²) in [6.45, 7) is 4.48. The highest BCUT2D eigenvalue weighted by atomic mass is 16.5. The smallest absolute Gasteiger partial charge is 0.251 e. The number of benzene rings is 1. The van der Waals surface area contributed by atoms with Crippen LogP contribution in [0.15, 0.2) is 18.2 Å². The number of amides is 1. The number of hydrogen-bond donors (Lipinski definition) is 2. The van der Waals surface area contributed by atoms with Gasteiger partial charge in [-0.1, -0.05) is 13.8 Å². The van der Waals surface area contributed by atoms with Gasteiger partial charge in [0, 0.05) is 11.6 Å². The number of methoxy groups -OCH3 is 1. The van der Waals surface area contributed by atoms with E-state index in [1.807, 2.05) is 0 Å². The van der Waals surface area contributed by atoms with E-state index >= 15 is 0 Å². The van der Waals surface area contributed by atoms with Crippen LogP contribution in [0.2, 0.25) is 0 Å². The number of nitrogen functional groups attached to an aromatic ring is 1. The Morgan fingerprint density at radius 1 is 1.47 bits per heavy atom. The number of carbonyl (C=O) groups is 1. The monoisotopic (exact) mass is 262 g/mol. The van der Waals surface area contributed by atoms with Gasteiger partial charge in [0.1, 0.15) is 5.75 Å². The molecule has 0 spiro atoms. The molecular weight excluding hydrogens is 240 g/mol. The van der Waals surface area contributed by atoms with E-state index in [-0.39, 0.29) is 11.9 Å². The molecule has 4 heteroatoms. The molecule has 1 aliphatic rings. The van der Waals surface area contributed by atoms with E-state index in [4.69, 9.17) is 10.5 Å². The minimum absolute atomic E-state index is 0.0546. The van der Waals surface area contributed by atoms with Gasteiger partial charge in [0.05, 0.1) is 12.8 Å². The summed E-state index contributed by atoms with van der Waals surface area (Å²) in [6, 6.07) is 5.38. The van der Waals surface area contributed by atoms with Gasteiger partial charge >= 0.3 is 0 Å². The van der Waals surface area contributed by atoms with Crippen molar-refractivity contribution in [1.82, 2.24) is 5.32 Å². The summed E-state index contributed by atoms with van der Waals surface area (Å²) in [5.41, 5.74) is 7.21. The first-order valence-electron chi connectivity index (χ1n) is 6.66. The second-order valence-electron chi connectivity index (χ2n) is 6.03. The van der Waals surface area contributed by atoms with Crippen molar-refractivity contribution in [3.63, 3.8) is 0 Å². The topological polar surface area (TPSA) is 64.3 Å². The maximum absolute atomic E-state index is 12.2. The molecule has 4 nitrogen and oxygen atoms in total. The zero-order valence-corrected chi connectivity index (χ0v) is 11.8. The Kier molecular flexibility index (Phi) is 3.69. The number of rotatable bonds is 3. The number of nitrogens with one attached hydrogen (secondary N) is 1. The number of carbonyl (C=O) groups excluding carboxylic acids is 1. The maximum atomic E-state index is 12.2. The fourth-order valence-electron chi connectivity index (χ4n) is 2.68. The number of nitrogens with two attached hydrogens (primary N) is 1. The summed E-state index contributed by atoms with van der Waals surface area (Å²) in [6.07, 6.45) is 3.23. The van der Waals surface area contributed by atoms with Gasteiger partial charge in [-0.2, -0.15) is 0 Å². The van der Waals surface area contributed by atoms with Gasteiger partial charge in [0.2, 0.25) is 0 Å². The van der Waals surface area contributed by atoms with E-state index in [1.165, 1.54) is 0 Å². The van der Waals surface area contributed by atoms with Gasteiger partial charge < -0.3 is 15.8 Å². The van der Waals surface area contributed by atoms with Crippen LogP contribution in [0.3, 0.4) is 0 Å². The van der Waals surface area contributed by atoms with E-state index < -0.39 is 0 Å². The van der Waals surface area contributed by atoms with Gasteiger partial charge in [-0.25, -0.2) is 0 Å². The molecule has 0 radical (unpaired) electrons. The van der Waals surface area contributed by atoms with Crippen molar-refractivity contribution >= 4 is 11.6 Å². The van der Waals surface area contributed by atoms with Crippen molar-refractivity contribution in [2.75, 3.05) is 12.8 Å². The van der Waals surface area contributed by atoms with Crippen molar-refractivity contribution in [2.45, 2.75) is 39.2 Å². The minimum atomic E-state index is -0.0546. The summed E-state index contributed by atoms with van der Waals surface area (Å²) in [7, 11) is 1.55. The van der Waals surface area contributed by atoms with Crippen molar-refractivity contribution in [3.8, 4) is 5.75 Å². The molecule has 2 rings (SSSR count). The fourth-order valence-corrected chi connectivity index (χ4v) is 2.68. The molecule has 0 aromatic heterocycles. The lowest BCUT2D eigenvalue weighted by atomic mass is 9.92. The van der Waals surface area contributed by atoms with Crippen LogP contribution in [0.1, 0.15) is 43.5 Å². The molecular formula is C15H22N2O2. The summed E-state index contributed by atoms with van der Waals surface area (Å²) in [5, 5.41) is 3.09. The van der Waals surface area contributed by atoms with Gasteiger partial charge in [0.15, 0.2) is 0 Å². The van der Waals surface area contributed by atoms with E-state index in [0.29, 0.717) is 22.4 Å². The highest BCUT2D eigenvalue weighted by molar-refractivity contribution is 5.95. The van der Waals surface area contributed by atoms with Crippen molar-refractivity contribution in [3.05, 3.63) is 23.8 Å². The van der Waals surface area contributed by atoms with Crippen LogP contribution < -0.4 is 15.8 Å². The zero-order chi connectivity index (χ0) is 14.0. The minimum Gasteiger partial charge on any atom is -0.495 e. The quantitative estimate of drug-likeness (QED) is 0.823. The van der Waals surface area contributed by atoms with Crippen LogP contribution >= 0.6 is 0 Å². The predicted octanol–water partition coefficient (Wildman–Crippen LogP) is 2.59. The molecule has 1 atom stereocenters. The van der Waals surface area contributed by atoms with Crippen LogP contribution in [0.5, 0.6) is 5.75 Å². The van der Waals surface area contributed by atoms with Crippen LogP contribution in [0, 0.1) is 5.41 Å². The number of ether oxygens (including phenoxy) is 1. The number of hydrogen-bond acceptors (Lipinski definition) is 3. The standard InChI is InChI=1S/C15H22N2O2/c1-15(2)7-6-11(9-15)17-14(18)10-4-5-12(16)13(8-10)19-3/h4-5,8,11H,6-7,9,16H2,1-3H3,(H,17,18). The molecule has 1 aromatic carbocycles. The Balaban J connectivity index is 2.04. The SMILES string of the molecule is COc1cc(C(=O)NC2CCC(C)(C)C2)ccc1N. The average Bonchev–Trinajstić information content (AvgIpc) is 2.69. The molecule has 3 N–H and O–H groups in total. The largest absolute Gasteiger partial charge is 0.495 e. The van der Waals surface area contributed by atoms with Crippen LogP contribution in [0.4, 0.5) is 5.69 Å². The van der Waals surface area contributed by atoms with Gasteiger partial charge in [-0.3, -0.25) is 4.79 Å². The van der Waals surface area contributed by atoms with Crippen LogP contribution in [-0.4, -0.2) is 19.1 Å². The zero-order valence-electron chi connectivity index (χ0n) is 11.8. The molecule has 0 aliphatic heterocycles. The van der Waals surface area contributed by atoms with Crippen LogP contribution in [0.25, 0.3) is 0 Å². The summed E-state index contributed by atoms with van der Waals surface area (Å²) in [4.78, 5) is 12.2. The lowest BCUT2D eigenvalue weighted by molar-refractivity contribution is 0.0935. The third kappa shape index (κ3) is 3.19. The summed E-state index contributed by atoms with van der Waals surface area (Å²) < 4.78 is 5.13. The second kappa shape index (κ2) is 5.11. The molecule has 0 heterocycles. The Morgan fingerprint density at radius 2 is 2.21 bits per heavy atom. The lowest BCUT2D eigenvalue weighted by Crippen LogP contribution is -2.33. The van der Waals surface area contributed by atoms with E-state index in [9.17, 15) is 4.79 Å². The summed E-state index contributed by atoms with van der Waals surface area (Å²) >= 11 is 0. The third-order valence-corrected chi connectivity index (χ3v) is 3.80. The maximum Gasteiger partial charge on any atom is 0.251 e. The molecule has 1 aliphatic carbocycles. The third-order valence-electron chi connectivity index (χ3n) is 3.80. The predicted molar refractivity (Wildman–Crippen MR) is 76.3 cm³/mol. The molecule has 1 aromatic rings. The Hall–Kier alpha value is -1.71. The van der Waals surface area contributed by atoms with Crippen molar-refractivity contribution in [1.29, 1.82) is 0 Å². The molecule has 1 saturated carbocycles. The normalized spacial score (nSPS) is 21.1. The molecule has 1 fully saturated rings. The first kappa shape index (κ1) is 13.7. The Labute approximate surface area is 114 Å². The second-order valence-corrected chi connectivity index (χ2v) is 6.03. The Morgan fingerprint density at radius 3 is 2.79 bits per heavy atom. The van der Waals surface area contributed by atoms with E-state index in [2.05, 4.69) is 19.2 Å². The fraction of sp³-hybridized carbons (Fsp3) is 0.533. The first-order chi connectivity index (χ1) is 8.91. The van der Waals surface area contributed by atoms with Gasteiger partial charge in [-0.05, 0) is 42.9 Å². The first-order valence-corrected chi connectivity index (χ1v) is 6.66. The van der Waals surface area contributed by atoms with Gasteiger partial charge in [0.25, 0.3) is 5.91 Å². The summed E-state index contributed by atoms with van der Waals surface area (Å²) in [5.74, 6) is 0.486. The highest BCUT2D eigenvalue weighted by Gasteiger charge is 2.31. The van der Waals surface area contributed by atoms with Crippen molar-refractivity contribution in [2.24, 2.45) is 5.41 Å². The molecule has 104 valence electrons. The number of anilines is 1. The van der Waals surface area contributed by atoms with Gasteiger partial charge in [-0.15, -0.1) is 0 Å². The highest BCUT2D eigenvalue weighted by Crippen LogP contribution is 2.37. The van der Waals surface area contributed by atoms with E-state index in [0.717, 1.165) is 19.3 Å². The van der Waals surface area contributed by atoms with Crippen LogP contribution in [-0.2, 0) is 0 Å². The molecule has 1 unspecified atom stereocenters. The molecule has 19 heavy (non-hydrogen) atoms. The average molecular weight is 262 g/mol. The van der Waals surface area contributed by atoms with Crippen molar-refractivity contribution < 1.29 is 9.53 Å². The lowest BCUT2D eigenvalue weighted by Gasteiger charge is -2.18. The Bertz CT molecular complexity index is 483.